The lowest BCUT2D eigenvalue weighted by molar-refractivity contribution is -0.133. The summed E-state index contributed by atoms with van der Waals surface area (Å²) in [5.41, 5.74) is 4.62. The summed E-state index contributed by atoms with van der Waals surface area (Å²) in [6.07, 6.45) is 0. The largest absolute Gasteiger partial charge is 0.490 e. The highest BCUT2D eigenvalue weighted by atomic mass is 16.5. The molecule has 0 saturated heterocycles. The van der Waals surface area contributed by atoms with E-state index < -0.39 is 6.04 Å². The van der Waals surface area contributed by atoms with Gasteiger partial charge < -0.3 is 25.0 Å². The topological polar surface area (TPSA) is 124 Å². The van der Waals surface area contributed by atoms with E-state index in [0.29, 0.717) is 48.4 Å². The van der Waals surface area contributed by atoms with Gasteiger partial charge in [0, 0.05) is 24.5 Å². The Labute approximate surface area is 228 Å². The number of nitrogens with zero attached hydrogens (tertiary/aromatic N) is 5. The summed E-state index contributed by atoms with van der Waals surface area (Å²) in [5.74, 6) is 0.940. The minimum atomic E-state index is -0.632. The molecule has 206 valence electrons. The van der Waals surface area contributed by atoms with Gasteiger partial charge in [0.25, 0.3) is 11.8 Å². The summed E-state index contributed by atoms with van der Waals surface area (Å²) < 4.78 is 13.3. The maximum atomic E-state index is 13.7. The summed E-state index contributed by atoms with van der Waals surface area (Å²) in [6, 6.07) is 10.5. The Balaban J connectivity index is 1.69. The van der Waals surface area contributed by atoms with Crippen LogP contribution in [0.2, 0.25) is 0 Å². The van der Waals surface area contributed by atoms with Gasteiger partial charge in [-0.25, -0.2) is 0 Å². The second-order valence-corrected chi connectivity index (χ2v) is 9.21. The zero-order chi connectivity index (χ0) is 28.1. The molecule has 1 aromatic heterocycles. The van der Waals surface area contributed by atoms with Crippen LogP contribution in [-0.4, -0.2) is 63.2 Å². The summed E-state index contributed by atoms with van der Waals surface area (Å²) >= 11 is 0. The molecule has 11 nitrogen and oxygen atoms in total. The Bertz CT molecular complexity index is 1390. The quantitative estimate of drug-likeness (QED) is 0.403. The van der Waals surface area contributed by atoms with Crippen molar-refractivity contribution in [2.75, 3.05) is 36.9 Å². The summed E-state index contributed by atoms with van der Waals surface area (Å²) in [6.45, 7) is 13.0. The molecule has 2 aromatic carbocycles. The number of allylic oxidation sites excluding steroid dienone is 1. The molecule has 1 atom stereocenters. The van der Waals surface area contributed by atoms with Gasteiger partial charge in [-0.2, -0.15) is 4.68 Å². The van der Waals surface area contributed by atoms with Crippen LogP contribution in [0.15, 0.2) is 47.7 Å². The van der Waals surface area contributed by atoms with Gasteiger partial charge in [-0.3, -0.25) is 9.59 Å². The molecular formula is C28H35N7O4. The van der Waals surface area contributed by atoms with Crippen LogP contribution in [0.25, 0.3) is 0 Å². The fourth-order valence-electron chi connectivity index (χ4n) is 4.58. The Hall–Kier alpha value is -4.41. The smallest absolute Gasteiger partial charge is 0.260 e. The van der Waals surface area contributed by atoms with E-state index in [2.05, 4.69) is 26.2 Å². The van der Waals surface area contributed by atoms with E-state index in [1.165, 1.54) is 0 Å². The first-order chi connectivity index (χ1) is 18.8. The number of carbonyl (C=O) groups excluding carboxylic acids is 2. The van der Waals surface area contributed by atoms with E-state index >= 15 is 0 Å². The zero-order valence-corrected chi connectivity index (χ0v) is 23.2. The van der Waals surface area contributed by atoms with Gasteiger partial charge in [-0.1, -0.05) is 23.3 Å². The van der Waals surface area contributed by atoms with Crippen molar-refractivity contribution in [1.82, 2.24) is 25.1 Å². The lowest BCUT2D eigenvalue weighted by atomic mass is 9.94. The standard InChI is InChI=1S/C28H35N7O4/c1-7-34(8-2)24(36)16-39-22-14-13-20(15-23(22)38-9-3)26-25(19(6)29-28-31-32-33-35(26)28)27(37)30-21-12-10-11-17(4)18(21)5/h10-15,26H,7-9,16H2,1-6H3,(H,30,37)(H,29,31,33). The van der Waals surface area contributed by atoms with Gasteiger partial charge in [0.15, 0.2) is 18.1 Å². The Kier molecular flexibility index (Phi) is 8.48. The van der Waals surface area contributed by atoms with Crippen LogP contribution >= 0.6 is 0 Å². The van der Waals surface area contributed by atoms with Crippen LogP contribution < -0.4 is 20.1 Å². The summed E-state index contributed by atoms with van der Waals surface area (Å²) in [7, 11) is 0. The molecule has 0 aliphatic carbocycles. The van der Waals surface area contributed by atoms with E-state index in [9.17, 15) is 9.59 Å². The van der Waals surface area contributed by atoms with E-state index in [0.717, 1.165) is 22.4 Å². The first-order valence-corrected chi connectivity index (χ1v) is 13.1. The lowest BCUT2D eigenvalue weighted by Gasteiger charge is -2.28. The molecule has 0 spiro atoms. The maximum Gasteiger partial charge on any atom is 0.260 e. The third-order valence-electron chi connectivity index (χ3n) is 6.86. The van der Waals surface area contributed by atoms with Gasteiger partial charge in [-0.05, 0) is 86.9 Å². The third-order valence-corrected chi connectivity index (χ3v) is 6.86. The molecule has 2 amide bonds. The minimum Gasteiger partial charge on any atom is -0.490 e. The SMILES string of the molecule is CCOc1cc(C2C(C(=O)Nc3cccc(C)c3C)=C(C)Nc3nnnn32)ccc1OCC(=O)N(CC)CC. The molecule has 1 aliphatic rings. The molecule has 0 radical (unpaired) electrons. The van der Waals surface area contributed by atoms with Crippen molar-refractivity contribution in [1.29, 1.82) is 0 Å². The number of hydrogen-bond donors (Lipinski definition) is 2. The average molecular weight is 534 g/mol. The first kappa shape index (κ1) is 27.6. The zero-order valence-electron chi connectivity index (χ0n) is 23.2. The molecule has 4 rings (SSSR count). The van der Waals surface area contributed by atoms with Crippen LogP contribution in [0.3, 0.4) is 0 Å². The van der Waals surface area contributed by atoms with Gasteiger partial charge in [0.1, 0.15) is 6.04 Å². The normalized spacial score (nSPS) is 14.4. The monoisotopic (exact) mass is 533 g/mol. The lowest BCUT2D eigenvalue weighted by Crippen LogP contribution is -2.34. The average Bonchev–Trinajstić information content (AvgIpc) is 3.38. The number of fused-ring (bicyclic) bond motifs is 1. The molecule has 0 saturated carbocycles. The number of carbonyl (C=O) groups is 2. The van der Waals surface area contributed by atoms with Gasteiger partial charge in [0.2, 0.25) is 5.95 Å². The predicted molar refractivity (Wildman–Crippen MR) is 148 cm³/mol. The highest BCUT2D eigenvalue weighted by Gasteiger charge is 2.35. The fraction of sp³-hybridized carbons (Fsp3) is 0.393. The van der Waals surface area contributed by atoms with Gasteiger partial charge >= 0.3 is 0 Å². The van der Waals surface area contributed by atoms with Crippen LogP contribution in [0.4, 0.5) is 11.6 Å². The number of aromatic nitrogens is 4. The number of likely N-dealkylation sites (N-methyl/N-ethyl adjacent to an activating group) is 1. The molecule has 0 bridgehead atoms. The molecule has 11 heteroatoms. The van der Waals surface area contributed by atoms with Gasteiger partial charge in [0.05, 0.1) is 12.2 Å². The van der Waals surface area contributed by atoms with Crippen molar-refractivity contribution in [3.8, 4) is 11.5 Å². The number of hydrogen-bond acceptors (Lipinski definition) is 8. The predicted octanol–water partition coefficient (Wildman–Crippen LogP) is 3.86. The van der Waals surface area contributed by atoms with Crippen LogP contribution in [0, 0.1) is 13.8 Å². The number of benzene rings is 2. The van der Waals surface area contributed by atoms with Crippen molar-refractivity contribution < 1.29 is 19.1 Å². The Morgan fingerprint density at radius 3 is 2.54 bits per heavy atom. The minimum absolute atomic E-state index is 0.103. The van der Waals surface area contributed by atoms with Crippen LogP contribution in [0.1, 0.15) is 50.4 Å². The number of tetrazole rings is 1. The van der Waals surface area contributed by atoms with Crippen molar-refractivity contribution in [2.45, 2.75) is 47.6 Å². The molecule has 0 fully saturated rings. The fourth-order valence-corrected chi connectivity index (χ4v) is 4.58. The number of rotatable bonds is 10. The van der Waals surface area contributed by atoms with Crippen molar-refractivity contribution in [3.05, 3.63) is 64.4 Å². The molecular weight excluding hydrogens is 498 g/mol. The molecule has 2 heterocycles. The number of amides is 2. The number of ether oxygens (including phenoxy) is 2. The van der Waals surface area contributed by atoms with E-state index in [1.54, 1.807) is 21.7 Å². The highest BCUT2D eigenvalue weighted by Crippen LogP contribution is 2.39. The third kappa shape index (κ3) is 5.71. The van der Waals surface area contributed by atoms with Crippen LogP contribution in [0.5, 0.6) is 11.5 Å². The molecule has 2 N–H and O–H groups in total. The molecule has 1 unspecified atom stereocenters. The first-order valence-electron chi connectivity index (χ1n) is 13.1. The highest BCUT2D eigenvalue weighted by molar-refractivity contribution is 6.06. The van der Waals surface area contributed by atoms with Crippen molar-refractivity contribution >= 4 is 23.5 Å². The van der Waals surface area contributed by atoms with Crippen molar-refractivity contribution in [2.24, 2.45) is 0 Å². The molecule has 1 aliphatic heterocycles. The summed E-state index contributed by atoms with van der Waals surface area (Å²) in [4.78, 5) is 27.9. The van der Waals surface area contributed by atoms with E-state index in [4.69, 9.17) is 9.47 Å². The molecule has 3 aromatic rings. The second-order valence-electron chi connectivity index (χ2n) is 9.21. The van der Waals surface area contributed by atoms with Gasteiger partial charge in [-0.15, -0.1) is 0 Å². The summed E-state index contributed by atoms with van der Waals surface area (Å²) in [5, 5.41) is 18.3. The Morgan fingerprint density at radius 1 is 1.05 bits per heavy atom. The number of aryl methyl sites for hydroxylation is 1. The maximum absolute atomic E-state index is 13.7. The second kappa shape index (κ2) is 12.0. The number of nitrogens with one attached hydrogen (secondary N) is 2. The molecule has 39 heavy (non-hydrogen) atoms. The number of anilines is 2. The van der Waals surface area contributed by atoms with Crippen LogP contribution in [-0.2, 0) is 9.59 Å². The van der Waals surface area contributed by atoms with Crippen molar-refractivity contribution in [3.63, 3.8) is 0 Å². The van der Waals surface area contributed by atoms with E-state index in [1.807, 2.05) is 65.8 Å². The Morgan fingerprint density at radius 2 is 1.82 bits per heavy atom. The van der Waals surface area contributed by atoms with E-state index in [-0.39, 0.29) is 18.4 Å².